The molecule has 2 N–H and O–H groups in total. The molecule has 1 saturated heterocycles. The van der Waals surface area contributed by atoms with Crippen molar-refractivity contribution in [2.75, 3.05) is 13.1 Å². The van der Waals surface area contributed by atoms with E-state index >= 15 is 0 Å². The van der Waals surface area contributed by atoms with E-state index in [1.807, 2.05) is 0 Å². The molecule has 2 saturated carbocycles. The van der Waals surface area contributed by atoms with E-state index in [2.05, 4.69) is 55.9 Å². The summed E-state index contributed by atoms with van der Waals surface area (Å²) >= 11 is 4.16. The van der Waals surface area contributed by atoms with Gasteiger partial charge < -0.3 is 5.32 Å². The number of rotatable bonds is 5. The first-order valence-electron chi connectivity index (χ1n) is 11.5. The van der Waals surface area contributed by atoms with Gasteiger partial charge in [-0.15, -0.1) is 0 Å². The molecule has 2 aliphatic carbocycles. The molecule has 0 radical (unpaired) electrons. The quantitative estimate of drug-likeness (QED) is 0.144. The molecule has 34 heavy (non-hydrogen) atoms. The van der Waals surface area contributed by atoms with Crippen molar-refractivity contribution in [2.45, 2.75) is 71.3 Å². The number of carbonyl (C=O) groups is 3. The maximum absolute atomic E-state index is 13.6. The first-order valence-corrected chi connectivity index (χ1v) is 14.0. The minimum atomic E-state index is -0.886. The zero-order valence-electron chi connectivity index (χ0n) is 18.6. The largest absolute Gasteiger partial charge is 0.317 e. The highest BCUT2D eigenvalue weighted by Crippen LogP contribution is 2.36. The molecule has 3 amide bonds. The maximum Gasteiger partial charge on any atom is 0.252 e. The molecule has 1 aliphatic heterocycles. The zero-order valence-corrected chi connectivity index (χ0v) is 22.9. The van der Waals surface area contributed by atoms with Crippen molar-refractivity contribution in [3.8, 4) is 0 Å². The van der Waals surface area contributed by atoms with Crippen LogP contribution in [0.25, 0.3) is 0 Å². The molecule has 0 aromatic rings. The van der Waals surface area contributed by atoms with E-state index in [9.17, 15) is 34.6 Å². The molecule has 0 aromatic carbocycles. The van der Waals surface area contributed by atoms with Gasteiger partial charge in [-0.2, -0.15) is 5.01 Å². The van der Waals surface area contributed by atoms with E-state index < -0.39 is 51.5 Å². The molecule has 6 atom stereocenters. The number of nitro groups is 2. The number of piperidine rings is 1. The molecule has 3 rings (SSSR count). The van der Waals surface area contributed by atoms with Gasteiger partial charge in [-0.1, -0.05) is 45.2 Å². The molecule has 6 unspecified atom stereocenters. The van der Waals surface area contributed by atoms with Gasteiger partial charge in [0.25, 0.3) is 11.8 Å². The summed E-state index contributed by atoms with van der Waals surface area (Å²) < 4.78 is -0.443. The third-order valence-corrected chi connectivity index (χ3v) is 10.1. The van der Waals surface area contributed by atoms with E-state index in [4.69, 9.17) is 0 Å². The van der Waals surface area contributed by atoms with Gasteiger partial charge in [-0.25, -0.2) is 0 Å². The van der Waals surface area contributed by atoms with Crippen molar-refractivity contribution in [2.24, 2.45) is 17.8 Å². The number of hydrogen-bond donors (Lipinski definition) is 2. The summed E-state index contributed by atoms with van der Waals surface area (Å²) in [6, 6.07) is -1.77. The van der Waals surface area contributed by atoms with E-state index in [-0.39, 0.29) is 26.6 Å². The van der Waals surface area contributed by atoms with Gasteiger partial charge in [0.2, 0.25) is 18.0 Å². The van der Waals surface area contributed by atoms with Crippen LogP contribution in [-0.4, -0.2) is 65.6 Å². The van der Waals surface area contributed by atoms with Gasteiger partial charge in [0, 0.05) is 49.3 Å². The van der Waals surface area contributed by atoms with Crippen molar-refractivity contribution >= 4 is 62.9 Å². The summed E-state index contributed by atoms with van der Waals surface area (Å²) in [5.74, 6) is -3.74. The monoisotopic (exact) mass is 705 g/mol. The standard InChI is InChI=1S/C20H29I2N5O7/c21-16-3-1-12(26(31)32)9-14(16)19(29)25(24-18(28)11-5-7-23-8-6-11)20(30)15-10-13(27(33)34)2-4-17(15)22/h11-17,23H,1-10H2,(H,24,28). The SMILES string of the molecule is O=C(NN(C(=O)C1CC([N+](=O)[O-])CCC1I)C(=O)C1CC([N+](=O)[O-])CCC1I)C1CCNCC1. The minimum Gasteiger partial charge on any atom is -0.317 e. The predicted molar refractivity (Wildman–Crippen MR) is 137 cm³/mol. The lowest BCUT2D eigenvalue weighted by Gasteiger charge is -2.36. The molecular weight excluding hydrogens is 676 g/mol. The number of carbonyl (C=O) groups excluding carboxylic acids is 3. The lowest BCUT2D eigenvalue weighted by atomic mass is 9.83. The lowest BCUT2D eigenvalue weighted by Crippen LogP contribution is -2.59. The molecule has 0 bridgehead atoms. The van der Waals surface area contributed by atoms with Crippen LogP contribution in [0.5, 0.6) is 0 Å². The second-order valence-electron chi connectivity index (χ2n) is 9.26. The second kappa shape index (κ2) is 12.2. The average molecular weight is 705 g/mol. The molecule has 12 nitrogen and oxygen atoms in total. The van der Waals surface area contributed by atoms with Crippen molar-refractivity contribution in [1.82, 2.24) is 15.8 Å². The average Bonchev–Trinajstić information content (AvgIpc) is 2.82. The van der Waals surface area contributed by atoms with Crippen molar-refractivity contribution < 1.29 is 24.2 Å². The van der Waals surface area contributed by atoms with Crippen molar-refractivity contribution in [3.63, 3.8) is 0 Å². The summed E-state index contributed by atoms with van der Waals surface area (Å²) in [5, 5.41) is 26.7. The third kappa shape index (κ3) is 6.53. The number of halogens is 2. The molecule has 14 heteroatoms. The number of hydrogen-bond acceptors (Lipinski definition) is 8. The number of nitrogens with zero attached hydrogens (tertiary/aromatic N) is 3. The van der Waals surface area contributed by atoms with E-state index in [0.717, 1.165) is 5.01 Å². The summed E-state index contributed by atoms with van der Waals surface area (Å²) in [6.45, 7) is 1.29. The highest BCUT2D eigenvalue weighted by molar-refractivity contribution is 14.1. The molecule has 190 valence electrons. The van der Waals surface area contributed by atoms with Crippen LogP contribution in [0.1, 0.15) is 51.4 Å². The lowest BCUT2D eigenvalue weighted by molar-refractivity contribution is -0.527. The first-order chi connectivity index (χ1) is 16.1. The molecule has 3 fully saturated rings. The van der Waals surface area contributed by atoms with Crippen molar-refractivity contribution in [3.05, 3.63) is 20.2 Å². The van der Waals surface area contributed by atoms with Gasteiger partial charge >= 0.3 is 0 Å². The van der Waals surface area contributed by atoms with Gasteiger partial charge in [0.05, 0.1) is 11.8 Å². The summed E-state index contributed by atoms with van der Waals surface area (Å²) in [7, 11) is 0. The Morgan fingerprint density at radius 3 is 1.65 bits per heavy atom. The van der Waals surface area contributed by atoms with E-state index in [1.165, 1.54) is 0 Å². The molecule has 1 heterocycles. The van der Waals surface area contributed by atoms with Crippen LogP contribution in [0.4, 0.5) is 0 Å². The van der Waals surface area contributed by atoms with Crippen LogP contribution in [0, 0.1) is 38.0 Å². The Balaban J connectivity index is 1.85. The fourth-order valence-electron chi connectivity index (χ4n) is 4.95. The van der Waals surface area contributed by atoms with E-state index in [0.29, 0.717) is 51.6 Å². The molecule has 0 aromatic heterocycles. The van der Waals surface area contributed by atoms with Gasteiger partial charge in [-0.05, 0) is 38.8 Å². The smallest absolute Gasteiger partial charge is 0.252 e. The summed E-state index contributed by atoms with van der Waals surface area (Å²) in [5.41, 5.74) is 2.53. The van der Waals surface area contributed by atoms with Crippen LogP contribution in [0.15, 0.2) is 0 Å². The third-order valence-electron chi connectivity index (χ3n) is 7.08. The van der Waals surface area contributed by atoms with Crippen LogP contribution in [0.2, 0.25) is 0 Å². The van der Waals surface area contributed by atoms with Gasteiger partial charge in [0.1, 0.15) is 0 Å². The number of amides is 3. The second-order valence-corrected chi connectivity index (χ2v) is 12.5. The summed E-state index contributed by atoms with van der Waals surface area (Å²) in [4.78, 5) is 62.2. The topological polar surface area (TPSA) is 165 Å². The Morgan fingerprint density at radius 1 is 0.794 bits per heavy atom. The highest BCUT2D eigenvalue weighted by atomic mass is 127. The number of alkyl halides is 2. The molecular formula is C20H29I2N5O7. The number of nitrogens with one attached hydrogen (secondary N) is 2. The van der Waals surface area contributed by atoms with Gasteiger partial charge in [0.15, 0.2) is 0 Å². The molecule has 3 aliphatic rings. The Bertz CT molecular complexity index is 775. The van der Waals surface area contributed by atoms with E-state index in [1.54, 1.807) is 0 Å². The van der Waals surface area contributed by atoms with Crippen LogP contribution in [-0.2, 0) is 14.4 Å². The number of imide groups is 1. The fourth-order valence-corrected chi connectivity index (χ4v) is 6.87. The van der Waals surface area contributed by atoms with Crippen LogP contribution < -0.4 is 10.7 Å². The Kier molecular flexibility index (Phi) is 9.83. The fraction of sp³-hybridized carbons (Fsp3) is 0.850. The molecule has 0 spiro atoms. The maximum atomic E-state index is 13.6. The van der Waals surface area contributed by atoms with Crippen molar-refractivity contribution in [1.29, 1.82) is 0 Å². The summed E-state index contributed by atoms with van der Waals surface area (Å²) in [6.07, 6.45) is 2.70. The predicted octanol–water partition coefficient (Wildman–Crippen LogP) is 1.87. The Labute approximate surface area is 224 Å². The minimum absolute atomic E-state index is 0.0116. The van der Waals surface area contributed by atoms with Crippen LogP contribution in [0.3, 0.4) is 0 Å². The number of hydrazine groups is 1. The highest BCUT2D eigenvalue weighted by Gasteiger charge is 2.47. The Morgan fingerprint density at radius 2 is 1.24 bits per heavy atom. The zero-order chi connectivity index (χ0) is 25.0. The Hall–Kier alpha value is -1.17. The first kappa shape index (κ1) is 27.4. The van der Waals surface area contributed by atoms with Gasteiger partial charge in [-0.3, -0.25) is 40.0 Å². The van der Waals surface area contributed by atoms with Crippen LogP contribution >= 0.6 is 45.2 Å². The normalized spacial score (nSPS) is 32.4.